The van der Waals surface area contributed by atoms with Gasteiger partial charge in [-0.25, -0.2) is 0 Å². The second kappa shape index (κ2) is 3.04. The Morgan fingerprint density at radius 3 is 1.27 bits per heavy atom. The molecular formula is C6H12O5. The van der Waals surface area contributed by atoms with E-state index in [9.17, 15) is 0 Å². The first kappa shape index (κ1) is 8.89. The molecule has 11 heavy (non-hydrogen) atoms. The highest BCUT2D eigenvalue weighted by Crippen LogP contribution is 2.26. The maximum absolute atomic E-state index is 9.07. The smallest absolute Gasteiger partial charge is 0.109 e. The molecule has 66 valence electrons. The number of rotatable bonds is 1. The maximum atomic E-state index is 9.07. The van der Waals surface area contributed by atoms with Gasteiger partial charge >= 0.3 is 0 Å². The van der Waals surface area contributed by atoms with Gasteiger partial charge in [0.05, 0.1) is 18.8 Å². The minimum absolute atomic E-state index is 0.448. The van der Waals surface area contributed by atoms with E-state index in [4.69, 9.17) is 25.5 Å². The van der Waals surface area contributed by atoms with Crippen molar-refractivity contribution in [1.29, 1.82) is 0 Å². The van der Waals surface area contributed by atoms with Crippen LogP contribution in [0.2, 0.25) is 0 Å². The van der Waals surface area contributed by atoms with E-state index >= 15 is 0 Å². The molecule has 4 atom stereocenters. The number of hydrogen-bond donors (Lipinski definition) is 5. The van der Waals surface area contributed by atoms with Crippen molar-refractivity contribution in [3.63, 3.8) is 0 Å². The lowest BCUT2D eigenvalue weighted by molar-refractivity contribution is -0.0413. The predicted octanol–water partition coefficient (Wildman–Crippen LogP) is -2.95. The van der Waals surface area contributed by atoms with Gasteiger partial charge in [0.25, 0.3) is 0 Å². The van der Waals surface area contributed by atoms with Gasteiger partial charge in [0.15, 0.2) is 0 Å². The van der Waals surface area contributed by atoms with Crippen LogP contribution in [0.5, 0.6) is 0 Å². The average molecular weight is 164 g/mol. The second-order valence-corrected chi connectivity index (χ2v) is 2.81. The summed E-state index contributed by atoms with van der Waals surface area (Å²) in [6.45, 7) is -0.448. The molecule has 0 radical (unpaired) electrons. The topological polar surface area (TPSA) is 101 Å². The molecule has 0 saturated heterocycles. The molecule has 5 nitrogen and oxygen atoms in total. The van der Waals surface area contributed by atoms with Crippen molar-refractivity contribution in [2.24, 2.45) is 5.92 Å². The number of hydrogen-bond acceptors (Lipinski definition) is 5. The van der Waals surface area contributed by atoms with Crippen molar-refractivity contribution < 1.29 is 25.5 Å². The van der Waals surface area contributed by atoms with Crippen molar-refractivity contribution in [3.05, 3.63) is 0 Å². The maximum Gasteiger partial charge on any atom is 0.109 e. The molecule has 0 amide bonds. The molecule has 1 fully saturated rings. The molecule has 0 aromatic carbocycles. The van der Waals surface area contributed by atoms with Crippen LogP contribution >= 0.6 is 0 Å². The van der Waals surface area contributed by atoms with Crippen molar-refractivity contribution in [2.45, 2.75) is 24.4 Å². The van der Waals surface area contributed by atoms with Crippen LogP contribution in [0.25, 0.3) is 0 Å². The molecular weight excluding hydrogens is 152 g/mol. The molecule has 1 aliphatic carbocycles. The third-order valence-corrected chi connectivity index (χ3v) is 2.14. The molecule has 0 bridgehead atoms. The first-order valence-electron chi connectivity index (χ1n) is 3.42. The average Bonchev–Trinajstić information content (AvgIpc) is 2.17. The van der Waals surface area contributed by atoms with E-state index in [0.717, 1.165) is 0 Å². The Kier molecular flexibility index (Phi) is 2.46. The lowest BCUT2D eigenvalue weighted by Crippen LogP contribution is -2.32. The van der Waals surface area contributed by atoms with E-state index in [0.29, 0.717) is 0 Å². The molecule has 1 saturated carbocycles. The fourth-order valence-corrected chi connectivity index (χ4v) is 1.33. The minimum Gasteiger partial charge on any atom is -0.396 e. The Morgan fingerprint density at radius 1 is 0.727 bits per heavy atom. The molecule has 5 heteroatoms. The van der Waals surface area contributed by atoms with E-state index in [1.54, 1.807) is 0 Å². The summed E-state index contributed by atoms with van der Waals surface area (Å²) in [6, 6.07) is 0. The zero-order valence-corrected chi connectivity index (χ0v) is 5.83. The molecule has 0 aliphatic heterocycles. The summed E-state index contributed by atoms with van der Waals surface area (Å²) >= 11 is 0. The summed E-state index contributed by atoms with van der Waals surface area (Å²) in [4.78, 5) is 0. The monoisotopic (exact) mass is 164 g/mol. The minimum atomic E-state index is -1.36. The van der Waals surface area contributed by atoms with Crippen molar-refractivity contribution in [1.82, 2.24) is 0 Å². The van der Waals surface area contributed by atoms with Gasteiger partial charge in [-0.1, -0.05) is 0 Å². The zero-order chi connectivity index (χ0) is 8.59. The van der Waals surface area contributed by atoms with Crippen molar-refractivity contribution in [2.75, 3.05) is 6.61 Å². The van der Waals surface area contributed by atoms with Gasteiger partial charge < -0.3 is 25.5 Å². The molecule has 0 aromatic heterocycles. The SMILES string of the molecule is OCC1C(O)C(O)C(O)C1O. The largest absolute Gasteiger partial charge is 0.396 e. The Bertz CT molecular complexity index is 125. The third kappa shape index (κ3) is 1.25. The number of aliphatic hydroxyl groups is 5. The van der Waals surface area contributed by atoms with Gasteiger partial charge in [-0.05, 0) is 0 Å². The highest BCUT2D eigenvalue weighted by molar-refractivity contribution is 4.97. The van der Waals surface area contributed by atoms with Gasteiger partial charge in [-0.3, -0.25) is 0 Å². The molecule has 1 rings (SSSR count). The Balaban J connectivity index is 2.69. The molecule has 0 heterocycles. The lowest BCUT2D eigenvalue weighted by atomic mass is 10.1. The van der Waals surface area contributed by atoms with Crippen LogP contribution in [-0.4, -0.2) is 56.6 Å². The van der Waals surface area contributed by atoms with Crippen LogP contribution < -0.4 is 0 Å². The van der Waals surface area contributed by atoms with Crippen LogP contribution in [0.15, 0.2) is 0 Å². The Morgan fingerprint density at radius 2 is 1.09 bits per heavy atom. The summed E-state index contributed by atoms with van der Waals surface area (Å²) < 4.78 is 0. The van der Waals surface area contributed by atoms with Crippen LogP contribution in [0.4, 0.5) is 0 Å². The Labute approximate surface area is 63.5 Å². The quantitative estimate of drug-likeness (QED) is 0.285. The lowest BCUT2D eigenvalue weighted by Gasteiger charge is -2.14. The van der Waals surface area contributed by atoms with Crippen LogP contribution in [0.1, 0.15) is 0 Å². The highest BCUT2D eigenvalue weighted by atomic mass is 16.4. The van der Waals surface area contributed by atoms with E-state index in [1.807, 2.05) is 0 Å². The molecule has 0 spiro atoms. The van der Waals surface area contributed by atoms with Crippen molar-refractivity contribution >= 4 is 0 Å². The van der Waals surface area contributed by atoms with E-state index in [1.165, 1.54) is 0 Å². The number of aliphatic hydroxyl groups excluding tert-OH is 5. The van der Waals surface area contributed by atoms with Crippen LogP contribution in [0.3, 0.4) is 0 Å². The molecule has 0 aromatic rings. The van der Waals surface area contributed by atoms with Gasteiger partial charge in [-0.2, -0.15) is 0 Å². The fourth-order valence-electron chi connectivity index (χ4n) is 1.33. The van der Waals surface area contributed by atoms with Crippen LogP contribution in [0, 0.1) is 5.92 Å². The van der Waals surface area contributed by atoms with Gasteiger partial charge in [0.2, 0.25) is 0 Å². The highest BCUT2D eigenvalue weighted by Gasteiger charge is 2.47. The summed E-state index contributed by atoms with van der Waals surface area (Å²) in [7, 11) is 0. The summed E-state index contributed by atoms with van der Waals surface area (Å²) in [5.41, 5.74) is 0. The van der Waals surface area contributed by atoms with Gasteiger partial charge in [0, 0.05) is 5.92 Å². The third-order valence-electron chi connectivity index (χ3n) is 2.14. The molecule has 1 aliphatic rings. The van der Waals surface area contributed by atoms with Crippen molar-refractivity contribution in [3.8, 4) is 0 Å². The summed E-state index contributed by atoms with van der Waals surface area (Å²) in [6.07, 6.45) is -5.21. The molecule has 5 N–H and O–H groups in total. The first-order chi connectivity index (χ1) is 5.09. The molecule has 4 unspecified atom stereocenters. The van der Waals surface area contributed by atoms with Gasteiger partial charge in [-0.15, -0.1) is 0 Å². The summed E-state index contributed by atoms with van der Waals surface area (Å²) in [5.74, 6) is -0.847. The zero-order valence-electron chi connectivity index (χ0n) is 5.83. The Hall–Kier alpha value is -0.200. The van der Waals surface area contributed by atoms with E-state index in [2.05, 4.69) is 0 Å². The normalized spacial score (nSPS) is 51.5. The second-order valence-electron chi connectivity index (χ2n) is 2.81. The van der Waals surface area contributed by atoms with Gasteiger partial charge in [0.1, 0.15) is 12.2 Å². The van der Waals surface area contributed by atoms with Crippen LogP contribution in [-0.2, 0) is 0 Å². The fraction of sp³-hybridized carbons (Fsp3) is 1.00. The standard InChI is InChI=1S/C6H12O5/c7-1-2-3(8)5(10)6(11)4(2)9/h2-11H,1H2. The summed E-state index contributed by atoms with van der Waals surface area (Å²) in [5, 5.41) is 44.7. The predicted molar refractivity (Wildman–Crippen MR) is 34.6 cm³/mol. The van der Waals surface area contributed by atoms with E-state index < -0.39 is 36.9 Å². The first-order valence-corrected chi connectivity index (χ1v) is 3.42. The van der Waals surface area contributed by atoms with E-state index in [-0.39, 0.29) is 0 Å².